The number of fused-ring (bicyclic) bond motifs is 1. The van der Waals surface area contributed by atoms with Crippen LogP contribution >= 0.6 is 11.8 Å². The number of nitrogens with one attached hydrogen (secondary N) is 1. The number of para-hydroxylation sites is 1. The Balaban J connectivity index is 1.94. The van der Waals surface area contributed by atoms with Crippen molar-refractivity contribution >= 4 is 28.6 Å². The third-order valence-corrected chi connectivity index (χ3v) is 4.92. The van der Waals surface area contributed by atoms with Crippen molar-refractivity contribution in [1.29, 1.82) is 0 Å². The zero-order valence-electron chi connectivity index (χ0n) is 13.7. The van der Waals surface area contributed by atoms with E-state index in [9.17, 15) is 9.59 Å². The van der Waals surface area contributed by atoms with Crippen molar-refractivity contribution < 1.29 is 9.53 Å². The Kier molecular flexibility index (Phi) is 5.52. The van der Waals surface area contributed by atoms with Gasteiger partial charge in [0.25, 0.3) is 5.56 Å². The maximum atomic E-state index is 12.9. The zero-order valence-corrected chi connectivity index (χ0v) is 14.5. The first-order valence-electron chi connectivity index (χ1n) is 8.19. The van der Waals surface area contributed by atoms with Crippen LogP contribution in [0, 0.1) is 0 Å². The molecule has 1 aromatic heterocycles. The van der Waals surface area contributed by atoms with E-state index >= 15 is 0 Å². The van der Waals surface area contributed by atoms with Crippen molar-refractivity contribution in [2.45, 2.75) is 37.6 Å². The molecule has 1 aromatic carbocycles. The molecule has 0 radical (unpaired) electrons. The zero-order chi connectivity index (χ0) is 16.9. The summed E-state index contributed by atoms with van der Waals surface area (Å²) in [4.78, 5) is 29.2. The Bertz CT molecular complexity index is 784. The van der Waals surface area contributed by atoms with Gasteiger partial charge in [-0.2, -0.15) is 0 Å². The van der Waals surface area contributed by atoms with Gasteiger partial charge in [-0.05, 0) is 31.9 Å². The summed E-state index contributed by atoms with van der Waals surface area (Å²) >= 11 is 1.29. The molecule has 1 fully saturated rings. The standard InChI is InChI=1S/C17H21N3O3S/c1-2-18-15(21)11-24-17-19-14-8-4-3-7-13(14)16(22)20(17)10-12-6-5-9-23-12/h3-4,7-8,12H,2,5-6,9-11H2,1H3,(H,18,21)/t12-/m0/s1. The van der Waals surface area contributed by atoms with E-state index in [1.165, 1.54) is 11.8 Å². The molecular weight excluding hydrogens is 326 g/mol. The topological polar surface area (TPSA) is 73.2 Å². The van der Waals surface area contributed by atoms with Crippen LogP contribution < -0.4 is 10.9 Å². The first-order valence-corrected chi connectivity index (χ1v) is 9.18. The van der Waals surface area contributed by atoms with E-state index in [4.69, 9.17) is 4.74 Å². The van der Waals surface area contributed by atoms with Gasteiger partial charge in [-0.25, -0.2) is 4.98 Å². The highest BCUT2D eigenvalue weighted by molar-refractivity contribution is 7.99. The number of thioether (sulfide) groups is 1. The molecule has 0 unspecified atom stereocenters. The normalized spacial score (nSPS) is 17.3. The van der Waals surface area contributed by atoms with Gasteiger partial charge in [0.1, 0.15) is 0 Å². The molecule has 1 saturated heterocycles. The molecule has 0 saturated carbocycles. The minimum absolute atomic E-state index is 0.0366. The van der Waals surface area contributed by atoms with E-state index in [0.29, 0.717) is 29.1 Å². The number of aromatic nitrogens is 2. The third-order valence-electron chi connectivity index (χ3n) is 3.94. The van der Waals surface area contributed by atoms with E-state index in [1.807, 2.05) is 25.1 Å². The maximum Gasteiger partial charge on any atom is 0.262 e. The fraction of sp³-hybridized carbons (Fsp3) is 0.471. The number of nitrogens with zero attached hydrogens (tertiary/aromatic N) is 2. The molecule has 1 aliphatic rings. The molecule has 1 atom stereocenters. The lowest BCUT2D eigenvalue weighted by Gasteiger charge is -2.16. The number of hydrogen-bond acceptors (Lipinski definition) is 5. The van der Waals surface area contributed by atoms with Crippen molar-refractivity contribution in [3.63, 3.8) is 0 Å². The van der Waals surface area contributed by atoms with Crippen molar-refractivity contribution in [3.05, 3.63) is 34.6 Å². The first-order chi connectivity index (χ1) is 11.7. The van der Waals surface area contributed by atoms with Crippen LogP contribution in [0.3, 0.4) is 0 Å². The molecule has 1 N–H and O–H groups in total. The quantitative estimate of drug-likeness (QED) is 0.637. The minimum Gasteiger partial charge on any atom is -0.376 e. The summed E-state index contributed by atoms with van der Waals surface area (Å²) in [6.45, 7) is 3.69. The van der Waals surface area contributed by atoms with Crippen LogP contribution in [0.15, 0.2) is 34.2 Å². The fourth-order valence-corrected chi connectivity index (χ4v) is 3.63. The molecule has 2 aromatic rings. The Morgan fingerprint density at radius 2 is 2.29 bits per heavy atom. The lowest BCUT2D eigenvalue weighted by atomic mass is 10.2. The monoisotopic (exact) mass is 347 g/mol. The van der Waals surface area contributed by atoms with E-state index in [-0.39, 0.29) is 23.3 Å². The smallest absolute Gasteiger partial charge is 0.262 e. The second-order valence-corrected chi connectivity index (χ2v) is 6.65. The second-order valence-electron chi connectivity index (χ2n) is 5.70. The molecule has 1 amide bonds. The number of carbonyl (C=O) groups is 1. The maximum absolute atomic E-state index is 12.9. The minimum atomic E-state index is -0.0745. The van der Waals surface area contributed by atoms with Crippen molar-refractivity contribution in [2.75, 3.05) is 18.9 Å². The van der Waals surface area contributed by atoms with Crippen molar-refractivity contribution in [2.24, 2.45) is 0 Å². The predicted octanol–water partition coefficient (Wildman–Crippen LogP) is 1.80. The predicted molar refractivity (Wildman–Crippen MR) is 94.4 cm³/mol. The van der Waals surface area contributed by atoms with E-state index in [0.717, 1.165) is 19.4 Å². The average molecular weight is 347 g/mol. The summed E-state index contributed by atoms with van der Waals surface area (Å²) in [5, 5.41) is 3.93. The molecule has 0 aliphatic carbocycles. The van der Waals surface area contributed by atoms with Crippen molar-refractivity contribution in [1.82, 2.24) is 14.9 Å². The van der Waals surface area contributed by atoms with Crippen LogP contribution in [-0.2, 0) is 16.1 Å². The van der Waals surface area contributed by atoms with Gasteiger partial charge < -0.3 is 10.1 Å². The number of hydrogen-bond donors (Lipinski definition) is 1. The molecule has 2 heterocycles. The molecule has 24 heavy (non-hydrogen) atoms. The van der Waals surface area contributed by atoms with Crippen LogP contribution in [0.1, 0.15) is 19.8 Å². The third kappa shape index (κ3) is 3.79. The number of rotatable bonds is 6. The Labute approximate surface area is 144 Å². The molecule has 7 heteroatoms. The molecule has 1 aliphatic heterocycles. The van der Waals surface area contributed by atoms with Gasteiger partial charge >= 0.3 is 0 Å². The van der Waals surface area contributed by atoms with Gasteiger partial charge in [0.15, 0.2) is 5.16 Å². The second kappa shape index (κ2) is 7.81. The highest BCUT2D eigenvalue weighted by Gasteiger charge is 2.20. The summed E-state index contributed by atoms with van der Waals surface area (Å²) in [6, 6.07) is 7.30. The highest BCUT2D eigenvalue weighted by Crippen LogP contribution is 2.20. The van der Waals surface area contributed by atoms with Gasteiger partial charge in [-0.15, -0.1) is 0 Å². The van der Waals surface area contributed by atoms with Crippen LogP contribution in [0.4, 0.5) is 0 Å². The van der Waals surface area contributed by atoms with E-state index < -0.39 is 0 Å². The van der Waals surface area contributed by atoms with Gasteiger partial charge in [0.2, 0.25) is 5.91 Å². The summed E-state index contributed by atoms with van der Waals surface area (Å²) in [5.41, 5.74) is 0.582. The summed E-state index contributed by atoms with van der Waals surface area (Å²) in [5.74, 6) is 0.179. The van der Waals surface area contributed by atoms with E-state index in [2.05, 4.69) is 10.3 Å². The molecule has 3 rings (SSSR count). The molecule has 6 nitrogen and oxygen atoms in total. The number of benzene rings is 1. The van der Waals surface area contributed by atoms with Crippen molar-refractivity contribution in [3.8, 4) is 0 Å². The molecule has 128 valence electrons. The average Bonchev–Trinajstić information content (AvgIpc) is 3.09. The number of carbonyl (C=O) groups excluding carboxylic acids is 1. The lowest BCUT2D eigenvalue weighted by molar-refractivity contribution is -0.118. The van der Waals surface area contributed by atoms with Crippen LogP contribution in [-0.4, -0.2) is 40.5 Å². The van der Waals surface area contributed by atoms with Crippen LogP contribution in [0.2, 0.25) is 0 Å². The number of ether oxygens (including phenoxy) is 1. The Morgan fingerprint density at radius 3 is 3.04 bits per heavy atom. The fourth-order valence-electron chi connectivity index (χ4n) is 2.79. The van der Waals surface area contributed by atoms with Gasteiger partial charge in [0, 0.05) is 13.2 Å². The van der Waals surface area contributed by atoms with Gasteiger partial charge in [-0.1, -0.05) is 23.9 Å². The summed E-state index contributed by atoms with van der Waals surface area (Å²) < 4.78 is 7.32. The number of amides is 1. The van der Waals surface area contributed by atoms with E-state index in [1.54, 1.807) is 10.6 Å². The largest absolute Gasteiger partial charge is 0.376 e. The summed E-state index contributed by atoms with van der Waals surface area (Å²) in [7, 11) is 0. The highest BCUT2D eigenvalue weighted by atomic mass is 32.2. The molecule has 0 bridgehead atoms. The van der Waals surface area contributed by atoms with Crippen LogP contribution in [0.5, 0.6) is 0 Å². The lowest BCUT2D eigenvalue weighted by Crippen LogP contribution is -2.30. The summed E-state index contributed by atoms with van der Waals surface area (Å²) in [6.07, 6.45) is 2.00. The van der Waals surface area contributed by atoms with Gasteiger partial charge in [-0.3, -0.25) is 14.2 Å². The first kappa shape index (κ1) is 17.0. The molecular formula is C17H21N3O3S. The molecule has 0 spiro atoms. The Morgan fingerprint density at radius 1 is 1.46 bits per heavy atom. The van der Waals surface area contributed by atoms with Gasteiger partial charge in [0.05, 0.1) is 29.3 Å². The SMILES string of the molecule is CCNC(=O)CSc1nc2ccccc2c(=O)n1C[C@@H]1CCCO1. The van der Waals surface area contributed by atoms with Crippen LogP contribution in [0.25, 0.3) is 10.9 Å². The Hall–Kier alpha value is -1.86.